The Kier molecular flexibility index (Phi) is 2.71. The van der Waals surface area contributed by atoms with Crippen molar-refractivity contribution in [3.05, 3.63) is 34.3 Å². The van der Waals surface area contributed by atoms with Crippen LogP contribution in [0.25, 0.3) is 0 Å². The average molecular weight is 297 g/mol. The van der Waals surface area contributed by atoms with Crippen LogP contribution in [0.1, 0.15) is 24.3 Å². The highest BCUT2D eigenvalue weighted by atomic mass is 79.9. The number of ether oxygens (including phenoxy) is 1. The van der Waals surface area contributed by atoms with Gasteiger partial charge in [0.1, 0.15) is 0 Å². The summed E-state index contributed by atoms with van der Waals surface area (Å²) in [5, 5.41) is 9.34. The van der Waals surface area contributed by atoms with Gasteiger partial charge in [0.05, 0.1) is 18.1 Å². The van der Waals surface area contributed by atoms with Crippen molar-refractivity contribution < 1.29 is 14.6 Å². The fourth-order valence-electron chi connectivity index (χ4n) is 3.13. The predicted molar refractivity (Wildman–Crippen MR) is 65.9 cm³/mol. The number of carboxylic acid groups (broad SMARTS) is 1. The van der Waals surface area contributed by atoms with Crippen molar-refractivity contribution in [3.63, 3.8) is 0 Å². The van der Waals surface area contributed by atoms with Gasteiger partial charge in [0.2, 0.25) is 0 Å². The van der Waals surface area contributed by atoms with Crippen molar-refractivity contribution in [1.29, 1.82) is 0 Å². The summed E-state index contributed by atoms with van der Waals surface area (Å²) in [6, 6.07) is 7.90. The second-order valence-corrected chi connectivity index (χ2v) is 5.65. The molecule has 2 fully saturated rings. The molecule has 2 saturated heterocycles. The molecule has 2 aliphatic heterocycles. The number of hydrogen-bond acceptors (Lipinski definition) is 2. The summed E-state index contributed by atoms with van der Waals surface area (Å²) in [4.78, 5) is 11.4. The summed E-state index contributed by atoms with van der Waals surface area (Å²) < 4.78 is 6.74. The van der Waals surface area contributed by atoms with Crippen molar-refractivity contribution in [2.24, 2.45) is 5.92 Å². The van der Waals surface area contributed by atoms with E-state index in [4.69, 9.17) is 4.74 Å². The van der Waals surface area contributed by atoms with Gasteiger partial charge in [0.25, 0.3) is 0 Å². The molecule has 2 bridgehead atoms. The van der Waals surface area contributed by atoms with Gasteiger partial charge < -0.3 is 9.84 Å². The van der Waals surface area contributed by atoms with Crippen LogP contribution in [0.3, 0.4) is 0 Å². The molecule has 4 heteroatoms. The molecule has 90 valence electrons. The summed E-state index contributed by atoms with van der Waals surface area (Å²) in [5.74, 6) is -1.12. The van der Waals surface area contributed by atoms with Crippen LogP contribution in [0, 0.1) is 5.92 Å². The summed E-state index contributed by atoms with van der Waals surface area (Å²) in [6.45, 7) is 0. The first-order valence-electron chi connectivity index (χ1n) is 5.80. The normalized spacial score (nSPS) is 35.1. The van der Waals surface area contributed by atoms with E-state index in [9.17, 15) is 9.90 Å². The first-order valence-corrected chi connectivity index (χ1v) is 6.60. The van der Waals surface area contributed by atoms with E-state index in [1.165, 1.54) is 0 Å². The molecule has 17 heavy (non-hydrogen) atoms. The van der Waals surface area contributed by atoms with Gasteiger partial charge in [0.15, 0.2) is 0 Å². The highest BCUT2D eigenvalue weighted by Crippen LogP contribution is 2.49. The van der Waals surface area contributed by atoms with Crippen LogP contribution in [-0.2, 0) is 9.53 Å². The van der Waals surface area contributed by atoms with Gasteiger partial charge in [-0.05, 0) is 30.5 Å². The maximum absolute atomic E-state index is 11.4. The van der Waals surface area contributed by atoms with Gasteiger partial charge >= 0.3 is 5.97 Å². The van der Waals surface area contributed by atoms with Crippen LogP contribution in [0.15, 0.2) is 28.7 Å². The second kappa shape index (κ2) is 4.10. The number of carboxylic acids is 1. The molecular weight excluding hydrogens is 284 g/mol. The van der Waals surface area contributed by atoms with E-state index in [1.54, 1.807) is 0 Å². The summed E-state index contributed by atoms with van der Waals surface area (Å²) in [5.41, 5.74) is 1.07. The molecule has 2 heterocycles. The number of hydrogen-bond donors (Lipinski definition) is 1. The lowest BCUT2D eigenvalue weighted by atomic mass is 9.75. The van der Waals surface area contributed by atoms with Gasteiger partial charge in [-0.15, -0.1) is 0 Å². The fourth-order valence-corrected chi connectivity index (χ4v) is 3.55. The number of benzene rings is 1. The van der Waals surface area contributed by atoms with Crippen LogP contribution < -0.4 is 0 Å². The van der Waals surface area contributed by atoms with Gasteiger partial charge in [-0.25, -0.2) is 0 Å². The van der Waals surface area contributed by atoms with Crippen LogP contribution in [0.4, 0.5) is 0 Å². The zero-order chi connectivity index (χ0) is 12.0. The van der Waals surface area contributed by atoms with Crippen molar-refractivity contribution >= 4 is 21.9 Å². The Morgan fingerprint density at radius 1 is 1.35 bits per heavy atom. The standard InChI is InChI=1S/C13H13BrO3/c14-8-3-1-2-7(6-8)11-9-4-5-10(17-9)12(11)13(15)16/h1-3,6,9-12H,4-5H2,(H,15,16). The van der Waals surface area contributed by atoms with Crippen LogP contribution in [0.2, 0.25) is 0 Å². The fraction of sp³-hybridized carbons (Fsp3) is 0.462. The molecule has 0 aliphatic carbocycles. The molecule has 0 aromatic heterocycles. The number of halogens is 1. The third-order valence-electron chi connectivity index (χ3n) is 3.79. The van der Waals surface area contributed by atoms with Crippen molar-refractivity contribution in [3.8, 4) is 0 Å². The van der Waals surface area contributed by atoms with Crippen molar-refractivity contribution in [1.82, 2.24) is 0 Å². The zero-order valence-corrected chi connectivity index (χ0v) is 10.8. The smallest absolute Gasteiger partial charge is 0.309 e. The minimum absolute atomic E-state index is 0.00347. The molecule has 4 unspecified atom stereocenters. The van der Waals surface area contributed by atoms with Gasteiger partial charge in [-0.3, -0.25) is 4.79 Å². The molecular formula is C13H13BrO3. The van der Waals surface area contributed by atoms with Gasteiger partial charge in [-0.2, -0.15) is 0 Å². The molecule has 1 aromatic rings. The molecule has 0 radical (unpaired) electrons. The van der Waals surface area contributed by atoms with E-state index in [0.29, 0.717) is 0 Å². The minimum Gasteiger partial charge on any atom is -0.481 e. The topological polar surface area (TPSA) is 46.5 Å². The van der Waals surface area contributed by atoms with Crippen molar-refractivity contribution in [2.45, 2.75) is 31.0 Å². The lowest BCUT2D eigenvalue weighted by Crippen LogP contribution is -2.31. The molecule has 3 rings (SSSR count). The maximum atomic E-state index is 11.4. The van der Waals surface area contributed by atoms with E-state index in [2.05, 4.69) is 15.9 Å². The summed E-state index contributed by atoms with van der Waals surface area (Å²) in [6.07, 6.45) is 1.84. The maximum Gasteiger partial charge on any atom is 0.309 e. The van der Waals surface area contributed by atoms with E-state index in [0.717, 1.165) is 22.9 Å². The van der Waals surface area contributed by atoms with E-state index >= 15 is 0 Å². The Morgan fingerprint density at radius 2 is 2.12 bits per heavy atom. The van der Waals surface area contributed by atoms with Gasteiger partial charge in [-0.1, -0.05) is 28.1 Å². The monoisotopic (exact) mass is 296 g/mol. The molecule has 1 aromatic carbocycles. The van der Waals surface area contributed by atoms with Gasteiger partial charge in [0, 0.05) is 10.4 Å². The summed E-state index contributed by atoms with van der Waals surface area (Å²) in [7, 11) is 0. The molecule has 0 spiro atoms. The van der Waals surface area contributed by atoms with E-state index in [-0.39, 0.29) is 24.0 Å². The molecule has 2 aliphatic rings. The molecule has 4 atom stereocenters. The number of fused-ring (bicyclic) bond motifs is 2. The third kappa shape index (κ3) is 1.79. The highest BCUT2D eigenvalue weighted by Gasteiger charge is 2.52. The molecule has 1 N–H and O–H groups in total. The number of rotatable bonds is 2. The average Bonchev–Trinajstić information content (AvgIpc) is 2.88. The quantitative estimate of drug-likeness (QED) is 0.913. The first-order chi connectivity index (χ1) is 8.16. The Bertz CT molecular complexity index is 460. The SMILES string of the molecule is O=C(O)C1C2CCC(O2)C1c1cccc(Br)c1. The summed E-state index contributed by atoms with van der Waals surface area (Å²) >= 11 is 3.43. The Hall–Kier alpha value is -0.870. The molecule has 0 amide bonds. The number of aliphatic carboxylic acids is 1. The van der Waals surface area contributed by atoms with E-state index in [1.807, 2.05) is 24.3 Å². The minimum atomic E-state index is -0.734. The largest absolute Gasteiger partial charge is 0.481 e. The third-order valence-corrected chi connectivity index (χ3v) is 4.29. The molecule has 3 nitrogen and oxygen atoms in total. The zero-order valence-electron chi connectivity index (χ0n) is 9.17. The number of carbonyl (C=O) groups is 1. The highest BCUT2D eigenvalue weighted by molar-refractivity contribution is 9.10. The van der Waals surface area contributed by atoms with E-state index < -0.39 is 5.97 Å². The predicted octanol–water partition coefficient (Wildman–Crippen LogP) is 2.79. The first kappa shape index (κ1) is 11.2. The van der Waals surface area contributed by atoms with Crippen LogP contribution in [-0.4, -0.2) is 23.3 Å². The molecule has 0 saturated carbocycles. The van der Waals surface area contributed by atoms with Crippen molar-refractivity contribution in [2.75, 3.05) is 0 Å². The lowest BCUT2D eigenvalue weighted by Gasteiger charge is -2.25. The Labute approximate surface area is 108 Å². The van der Waals surface area contributed by atoms with Crippen LogP contribution >= 0.6 is 15.9 Å². The second-order valence-electron chi connectivity index (χ2n) is 4.74. The Balaban J connectivity index is 1.98. The lowest BCUT2D eigenvalue weighted by molar-refractivity contribution is -0.143. The van der Waals surface area contributed by atoms with Crippen LogP contribution in [0.5, 0.6) is 0 Å². The Morgan fingerprint density at radius 3 is 2.82 bits per heavy atom.